The minimum Gasteiger partial charge on any atom is -0.491 e. The Kier molecular flexibility index (Phi) is 11.8. The lowest BCUT2D eigenvalue weighted by atomic mass is 10.2. The van der Waals surface area contributed by atoms with Crippen molar-refractivity contribution in [3.05, 3.63) is 29.6 Å². The zero-order chi connectivity index (χ0) is 15.5. The van der Waals surface area contributed by atoms with Crippen molar-refractivity contribution in [2.24, 2.45) is 4.99 Å². The van der Waals surface area contributed by atoms with Gasteiger partial charge in [-0.1, -0.05) is 6.07 Å². The summed E-state index contributed by atoms with van der Waals surface area (Å²) in [5, 5.41) is 6.29. The van der Waals surface area contributed by atoms with E-state index in [4.69, 9.17) is 9.47 Å². The van der Waals surface area contributed by atoms with Gasteiger partial charge in [0.05, 0.1) is 6.61 Å². The Hall–Kier alpha value is -1.09. The number of aliphatic imine (C=N–C) groups is 1. The molecule has 22 heavy (non-hydrogen) atoms. The van der Waals surface area contributed by atoms with Crippen LogP contribution in [0.25, 0.3) is 0 Å². The van der Waals surface area contributed by atoms with Crippen molar-refractivity contribution in [1.82, 2.24) is 10.6 Å². The highest BCUT2D eigenvalue weighted by molar-refractivity contribution is 14.0. The number of rotatable bonds is 8. The van der Waals surface area contributed by atoms with Crippen LogP contribution in [0.15, 0.2) is 23.2 Å². The van der Waals surface area contributed by atoms with Gasteiger partial charge in [0.25, 0.3) is 0 Å². The third-order valence-electron chi connectivity index (χ3n) is 2.80. The largest absolute Gasteiger partial charge is 0.491 e. The summed E-state index contributed by atoms with van der Waals surface area (Å²) in [6.45, 7) is 4.24. The summed E-state index contributed by atoms with van der Waals surface area (Å²) in [7, 11) is 3.37. The molecule has 7 heteroatoms. The second-order valence-corrected chi connectivity index (χ2v) is 4.40. The summed E-state index contributed by atoms with van der Waals surface area (Å²) < 4.78 is 23.9. The van der Waals surface area contributed by atoms with E-state index >= 15 is 0 Å². The van der Waals surface area contributed by atoms with Gasteiger partial charge >= 0.3 is 0 Å². The van der Waals surface area contributed by atoms with Gasteiger partial charge < -0.3 is 20.1 Å². The first-order valence-corrected chi connectivity index (χ1v) is 7.06. The third-order valence-corrected chi connectivity index (χ3v) is 2.80. The molecular formula is C15H25FIN3O2. The van der Waals surface area contributed by atoms with Crippen molar-refractivity contribution in [2.45, 2.75) is 19.9 Å². The number of nitrogens with zero attached hydrogens (tertiary/aromatic N) is 1. The third kappa shape index (κ3) is 7.79. The molecule has 126 valence electrons. The molecular weight excluding hydrogens is 400 g/mol. The Balaban J connectivity index is 0.00000441. The molecule has 0 saturated carbocycles. The van der Waals surface area contributed by atoms with Gasteiger partial charge in [0.2, 0.25) is 0 Å². The van der Waals surface area contributed by atoms with Crippen molar-refractivity contribution < 1.29 is 13.9 Å². The molecule has 0 amide bonds. The molecule has 0 atom stereocenters. The zero-order valence-corrected chi connectivity index (χ0v) is 15.6. The number of ether oxygens (including phenoxy) is 2. The number of hydrogen-bond donors (Lipinski definition) is 2. The Morgan fingerprint density at radius 2 is 2.09 bits per heavy atom. The number of nitrogens with one attached hydrogen (secondary N) is 2. The van der Waals surface area contributed by atoms with Crippen LogP contribution in [0.1, 0.15) is 18.9 Å². The molecule has 0 spiro atoms. The highest BCUT2D eigenvalue weighted by Crippen LogP contribution is 2.18. The Bertz CT molecular complexity index is 458. The fourth-order valence-corrected chi connectivity index (χ4v) is 1.76. The van der Waals surface area contributed by atoms with Gasteiger partial charge in [-0.05, 0) is 31.0 Å². The summed E-state index contributed by atoms with van der Waals surface area (Å²) in [6, 6.07) is 4.94. The van der Waals surface area contributed by atoms with Crippen LogP contribution >= 0.6 is 24.0 Å². The van der Waals surface area contributed by atoms with Crippen LogP contribution in [0.5, 0.6) is 5.75 Å². The van der Waals surface area contributed by atoms with Gasteiger partial charge in [-0.25, -0.2) is 4.39 Å². The van der Waals surface area contributed by atoms with Crippen LogP contribution in [0.4, 0.5) is 4.39 Å². The molecule has 0 radical (unpaired) electrons. The van der Waals surface area contributed by atoms with E-state index in [1.807, 2.05) is 13.0 Å². The topological polar surface area (TPSA) is 54.9 Å². The van der Waals surface area contributed by atoms with E-state index in [1.165, 1.54) is 6.07 Å². The summed E-state index contributed by atoms with van der Waals surface area (Å²) in [4.78, 5) is 4.11. The molecule has 0 aromatic heterocycles. The van der Waals surface area contributed by atoms with Crippen molar-refractivity contribution in [3.63, 3.8) is 0 Å². The smallest absolute Gasteiger partial charge is 0.191 e. The predicted molar refractivity (Wildman–Crippen MR) is 97.7 cm³/mol. The SMILES string of the molecule is CCOc1ccc(CNC(=NC)NCCCOC)cc1F.I. The molecule has 2 N–H and O–H groups in total. The van der Waals surface area contributed by atoms with E-state index in [0.717, 1.165) is 18.5 Å². The van der Waals surface area contributed by atoms with E-state index in [2.05, 4.69) is 15.6 Å². The highest BCUT2D eigenvalue weighted by Gasteiger charge is 2.05. The van der Waals surface area contributed by atoms with Gasteiger partial charge in [0.15, 0.2) is 17.5 Å². The maximum Gasteiger partial charge on any atom is 0.191 e. The van der Waals surface area contributed by atoms with Crippen molar-refractivity contribution in [3.8, 4) is 5.75 Å². The second kappa shape index (κ2) is 12.5. The molecule has 0 unspecified atom stereocenters. The highest BCUT2D eigenvalue weighted by atomic mass is 127. The molecule has 0 fully saturated rings. The van der Waals surface area contributed by atoms with Crippen LogP contribution < -0.4 is 15.4 Å². The number of hydrogen-bond acceptors (Lipinski definition) is 3. The standard InChI is InChI=1S/C15H24FN3O2.HI/c1-4-21-14-7-6-12(10-13(14)16)11-19-15(17-2)18-8-5-9-20-3;/h6-7,10H,4-5,8-9,11H2,1-3H3,(H2,17,18,19);1H. The number of guanidine groups is 1. The lowest BCUT2D eigenvalue weighted by molar-refractivity contribution is 0.195. The minimum absolute atomic E-state index is 0. The minimum atomic E-state index is -0.348. The molecule has 0 bridgehead atoms. The molecule has 0 aliphatic heterocycles. The molecule has 0 heterocycles. The molecule has 1 aromatic carbocycles. The zero-order valence-electron chi connectivity index (χ0n) is 13.3. The van der Waals surface area contributed by atoms with Crippen molar-refractivity contribution in [1.29, 1.82) is 0 Å². The van der Waals surface area contributed by atoms with E-state index in [-0.39, 0.29) is 35.5 Å². The second-order valence-electron chi connectivity index (χ2n) is 4.40. The van der Waals surface area contributed by atoms with Crippen LogP contribution in [-0.2, 0) is 11.3 Å². The fourth-order valence-electron chi connectivity index (χ4n) is 1.76. The van der Waals surface area contributed by atoms with Crippen molar-refractivity contribution >= 4 is 29.9 Å². The van der Waals surface area contributed by atoms with Gasteiger partial charge in [-0.3, -0.25) is 4.99 Å². The summed E-state index contributed by atoms with van der Waals surface area (Å²) in [5.74, 6) is 0.614. The monoisotopic (exact) mass is 425 g/mol. The average Bonchev–Trinajstić information content (AvgIpc) is 2.49. The molecule has 0 aliphatic carbocycles. The molecule has 1 rings (SSSR count). The van der Waals surface area contributed by atoms with E-state index in [9.17, 15) is 4.39 Å². The molecule has 0 aliphatic rings. The predicted octanol–water partition coefficient (Wildman–Crippen LogP) is 2.54. The maximum absolute atomic E-state index is 13.7. The van der Waals surface area contributed by atoms with E-state index < -0.39 is 0 Å². The normalized spacial score (nSPS) is 10.8. The first-order chi connectivity index (χ1) is 10.2. The lowest BCUT2D eigenvalue weighted by Crippen LogP contribution is -2.37. The Labute approximate surface area is 148 Å². The molecule has 0 saturated heterocycles. The number of methoxy groups -OCH3 is 1. The van der Waals surface area contributed by atoms with Crippen LogP contribution in [0.3, 0.4) is 0 Å². The maximum atomic E-state index is 13.7. The Morgan fingerprint density at radius 3 is 2.68 bits per heavy atom. The average molecular weight is 425 g/mol. The first kappa shape index (κ1) is 20.9. The summed E-state index contributed by atoms with van der Waals surface area (Å²) in [5.41, 5.74) is 0.829. The quantitative estimate of drug-likeness (QED) is 0.291. The van der Waals surface area contributed by atoms with Gasteiger partial charge in [0.1, 0.15) is 0 Å². The number of benzene rings is 1. The van der Waals surface area contributed by atoms with Gasteiger partial charge in [-0.15, -0.1) is 24.0 Å². The van der Waals surface area contributed by atoms with Crippen LogP contribution in [-0.4, -0.2) is 39.9 Å². The molecule has 1 aromatic rings. The number of halogens is 2. The van der Waals surface area contributed by atoms with Crippen LogP contribution in [0.2, 0.25) is 0 Å². The lowest BCUT2D eigenvalue weighted by Gasteiger charge is -2.12. The molecule has 5 nitrogen and oxygen atoms in total. The Morgan fingerprint density at radius 1 is 1.32 bits per heavy atom. The summed E-state index contributed by atoms with van der Waals surface area (Å²) in [6.07, 6.45) is 0.898. The van der Waals surface area contributed by atoms with Gasteiger partial charge in [0, 0.05) is 33.9 Å². The first-order valence-electron chi connectivity index (χ1n) is 7.06. The van der Waals surface area contributed by atoms with E-state index in [0.29, 0.717) is 25.7 Å². The van der Waals surface area contributed by atoms with Crippen molar-refractivity contribution in [2.75, 3.05) is 33.9 Å². The fraction of sp³-hybridized carbons (Fsp3) is 0.533. The summed E-state index contributed by atoms with van der Waals surface area (Å²) >= 11 is 0. The van der Waals surface area contributed by atoms with Crippen LogP contribution in [0, 0.1) is 5.82 Å². The van der Waals surface area contributed by atoms with E-state index in [1.54, 1.807) is 20.2 Å². The van der Waals surface area contributed by atoms with Gasteiger partial charge in [-0.2, -0.15) is 0 Å².